The third-order valence-electron chi connectivity index (χ3n) is 4.94. The van der Waals surface area contributed by atoms with Gasteiger partial charge in [-0.3, -0.25) is 9.59 Å². The van der Waals surface area contributed by atoms with Crippen LogP contribution in [0.3, 0.4) is 0 Å². The molecule has 0 bridgehead atoms. The molecule has 2 radical (unpaired) electrons. The van der Waals surface area contributed by atoms with Gasteiger partial charge in [0, 0.05) is 31.8 Å². The van der Waals surface area contributed by atoms with Gasteiger partial charge in [0.1, 0.15) is 12.1 Å². The van der Waals surface area contributed by atoms with Crippen molar-refractivity contribution in [2.75, 3.05) is 13.1 Å². The lowest BCUT2D eigenvalue weighted by Gasteiger charge is -2.17. The first-order valence-electron chi connectivity index (χ1n) is 9.05. The highest BCUT2D eigenvalue weighted by molar-refractivity contribution is 5.98. The largest absolute Gasteiger partial charge is 0.356 e. The van der Waals surface area contributed by atoms with Crippen molar-refractivity contribution in [3.8, 4) is 0 Å². The van der Waals surface area contributed by atoms with Gasteiger partial charge in [-0.1, -0.05) is 6.42 Å². The molecule has 0 aromatic rings. The zero-order chi connectivity index (χ0) is 17.4. The van der Waals surface area contributed by atoms with Gasteiger partial charge in [0.25, 0.3) is 0 Å². The van der Waals surface area contributed by atoms with Gasteiger partial charge in [-0.25, -0.2) is 0 Å². The first kappa shape index (κ1) is 19.1. The first-order valence-corrected chi connectivity index (χ1v) is 9.05. The minimum absolute atomic E-state index is 0.0860. The lowest BCUT2D eigenvalue weighted by atomic mass is 9.91. The van der Waals surface area contributed by atoms with E-state index in [1.807, 2.05) is 12.8 Å². The van der Waals surface area contributed by atoms with E-state index in [-0.39, 0.29) is 17.7 Å². The van der Waals surface area contributed by atoms with Gasteiger partial charge in [0.05, 0.1) is 6.04 Å². The number of nitrogens with two attached hydrogens (primary N) is 1. The van der Waals surface area contributed by atoms with Crippen LogP contribution in [0.25, 0.3) is 0 Å². The number of ketones is 1. The lowest BCUT2D eigenvalue weighted by molar-refractivity contribution is -0.121. The van der Waals surface area contributed by atoms with Crippen molar-refractivity contribution in [3.63, 3.8) is 0 Å². The molecule has 1 saturated carbocycles. The van der Waals surface area contributed by atoms with E-state index in [9.17, 15) is 14.4 Å². The summed E-state index contributed by atoms with van der Waals surface area (Å²) in [6.07, 6.45) is 10.2. The fraction of sp³-hybridized carbons (Fsp3) is 0.722. The summed E-state index contributed by atoms with van der Waals surface area (Å²) in [5.74, 6) is 0.982. The predicted octanol–water partition coefficient (Wildman–Crippen LogP) is 0.555. The Hall–Kier alpha value is -1.27. The molecule has 1 aliphatic heterocycles. The van der Waals surface area contributed by atoms with Crippen molar-refractivity contribution in [1.29, 1.82) is 0 Å². The summed E-state index contributed by atoms with van der Waals surface area (Å²) in [5.41, 5.74) is 5.50. The second kappa shape index (κ2) is 9.89. The van der Waals surface area contributed by atoms with Crippen molar-refractivity contribution < 1.29 is 14.4 Å². The fourth-order valence-corrected chi connectivity index (χ4v) is 3.56. The molecule has 2 rings (SSSR count). The Kier molecular flexibility index (Phi) is 7.85. The average Bonchev–Trinajstić information content (AvgIpc) is 3.10. The van der Waals surface area contributed by atoms with E-state index < -0.39 is 0 Å². The van der Waals surface area contributed by atoms with Crippen molar-refractivity contribution in [2.24, 2.45) is 17.6 Å². The molecule has 6 nitrogen and oxygen atoms in total. The number of Topliss-reactive ketones (excluding diaryl/α,β-unsaturated/α-hetero) is 1. The molecule has 4 N–H and O–H groups in total. The molecule has 0 aromatic heterocycles. The van der Waals surface area contributed by atoms with Crippen molar-refractivity contribution in [2.45, 2.75) is 57.0 Å². The van der Waals surface area contributed by atoms with Gasteiger partial charge < -0.3 is 21.2 Å². The molecule has 1 saturated heterocycles. The monoisotopic (exact) mass is 335 g/mol. The predicted molar refractivity (Wildman–Crippen MR) is 91.7 cm³/mol. The van der Waals surface area contributed by atoms with Gasteiger partial charge in [0.15, 0.2) is 0 Å². The summed E-state index contributed by atoms with van der Waals surface area (Å²) >= 11 is 0. The SMILES string of the molecule is N[C@@H](C=O)CCCCNC(=O)CCCCC1NCC2[CH]C(=O)[CH]C21. The number of unbranched alkanes of at least 4 members (excludes halogenated alkanes) is 2. The molecule has 2 fully saturated rings. The van der Waals surface area contributed by atoms with Crippen LogP contribution in [0.15, 0.2) is 0 Å². The number of fused-ring (bicyclic) bond motifs is 1. The highest BCUT2D eigenvalue weighted by Crippen LogP contribution is 2.36. The van der Waals surface area contributed by atoms with Crippen LogP contribution < -0.4 is 16.4 Å². The Labute approximate surface area is 144 Å². The molecule has 6 heteroatoms. The highest BCUT2D eigenvalue weighted by atomic mass is 16.1. The van der Waals surface area contributed by atoms with E-state index >= 15 is 0 Å². The zero-order valence-corrected chi connectivity index (χ0v) is 14.2. The van der Waals surface area contributed by atoms with Crippen LogP contribution in [0.5, 0.6) is 0 Å². The van der Waals surface area contributed by atoms with E-state index in [0.29, 0.717) is 37.3 Å². The van der Waals surface area contributed by atoms with E-state index in [2.05, 4.69) is 10.6 Å². The summed E-state index contributed by atoms with van der Waals surface area (Å²) in [6, 6.07) is -0.00251. The Balaban J connectivity index is 1.46. The molecule has 1 amide bonds. The van der Waals surface area contributed by atoms with Gasteiger partial charge in [-0.2, -0.15) is 0 Å². The van der Waals surface area contributed by atoms with Crippen molar-refractivity contribution in [1.82, 2.24) is 10.6 Å². The molecular formula is C18H29N3O3. The number of aldehydes is 1. The van der Waals surface area contributed by atoms with Crippen LogP contribution in [-0.4, -0.2) is 43.1 Å². The van der Waals surface area contributed by atoms with Crippen molar-refractivity contribution in [3.05, 3.63) is 12.8 Å². The maximum atomic E-state index is 11.8. The number of amides is 1. The number of carbonyl (C=O) groups excluding carboxylic acids is 3. The first-order chi connectivity index (χ1) is 11.6. The van der Waals surface area contributed by atoms with Crippen LogP contribution >= 0.6 is 0 Å². The molecule has 0 spiro atoms. The molecule has 2 aliphatic rings. The zero-order valence-electron chi connectivity index (χ0n) is 14.2. The summed E-state index contributed by atoms with van der Waals surface area (Å²) in [4.78, 5) is 33.5. The summed E-state index contributed by atoms with van der Waals surface area (Å²) in [6.45, 7) is 1.54. The maximum Gasteiger partial charge on any atom is 0.219 e. The molecule has 1 aliphatic carbocycles. The number of hydrogen-bond acceptors (Lipinski definition) is 5. The molecule has 24 heavy (non-hydrogen) atoms. The van der Waals surface area contributed by atoms with Gasteiger partial charge in [0.2, 0.25) is 5.91 Å². The van der Waals surface area contributed by atoms with E-state index in [0.717, 1.165) is 44.9 Å². The Morgan fingerprint density at radius 2 is 2.17 bits per heavy atom. The lowest BCUT2D eigenvalue weighted by Crippen LogP contribution is -2.28. The number of nitrogens with one attached hydrogen (secondary N) is 2. The Morgan fingerprint density at radius 3 is 2.96 bits per heavy atom. The summed E-state index contributed by atoms with van der Waals surface area (Å²) < 4.78 is 0. The second-order valence-corrected chi connectivity index (χ2v) is 6.88. The van der Waals surface area contributed by atoms with Crippen LogP contribution in [0, 0.1) is 24.7 Å². The smallest absolute Gasteiger partial charge is 0.219 e. The third-order valence-corrected chi connectivity index (χ3v) is 4.94. The fourth-order valence-electron chi connectivity index (χ4n) is 3.56. The Bertz CT molecular complexity index is 441. The van der Waals surface area contributed by atoms with Crippen LogP contribution in [0.4, 0.5) is 0 Å². The normalized spacial score (nSPS) is 27.0. The Morgan fingerprint density at radius 1 is 1.33 bits per heavy atom. The van der Waals surface area contributed by atoms with Gasteiger partial charge in [-0.15, -0.1) is 0 Å². The third kappa shape index (κ3) is 5.98. The van der Waals surface area contributed by atoms with Gasteiger partial charge in [-0.05, 0) is 50.5 Å². The standard InChI is InChI=1S/C18H29N3O3/c19-14(12-22)5-3-4-8-20-18(24)7-2-1-6-17-16-10-15(23)9-13(16)11-21-17/h9-10,12-14,16-17,21H,1-8,11,19H2,(H,20,24)/t13?,14-,16?,17?/m1/s1. The average molecular weight is 335 g/mol. The van der Waals surface area contributed by atoms with Crippen molar-refractivity contribution >= 4 is 18.0 Å². The molecule has 1 heterocycles. The summed E-state index contributed by atoms with van der Waals surface area (Å²) in [7, 11) is 0. The molecular weight excluding hydrogens is 306 g/mol. The molecule has 134 valence electrons. The van der Waals surface area contributed by atoms with Crippen LogP contribution in [0.1, 0.15) is 44.9 Å². The molecule has 0 aromatic carbocycles. The highest BCUT2D eigenvalue weighted by Gasteiger charge is 2.42. The topological polar surface area (TPSA) is 101 Å². The van der Waals surface area contributed by atoms with Gasteiger partial charge >= 0.3 is 0 Å². The minimum Gasteiger partial charge on any atom is -0.356 e. The molecule has 4 atom stereocenters. The number of rotatable bonds is 11. The summed E-state index contributed by atoms with van der Waals surface area (Å²) in [5, 5.41) is 6.39. The second-order valence-electron chi connectivity index (χ2n) is 6.88. The van der Waals surface area contributed by atoms with Crippen LogP contribution in [0.2, 0.25) is 0 Å². The number of hydrogen-bond donors (Lipinski definition) is 3. The minimum atomic E-state index is -0.380. The van der Waals surface area contributed by atoms with E-state index in [1.165, 1.54) is 0 Å². The number of carbonyl (C=O) groups is 3. The quantitative estimate of drug-likeness (QED) is 0.378. The van der Waals surface area contributed by atoms with E-state index in [1.54, 1.807) is 0 Å². The maximum absolute atomic E-state index is 11.8. The molecule has 3 unspecified atom stereocenters. The van der Waals surface area contributed by atoms with E-state index in [4.69, 9.17) is 5.73 Å². The van der Waals surface area contributed by atoms with Crippen LogP contribution in [-0.2, 0) is 14.4 Å².